The Labute approximate surface area is 72.2 Å². The molecule has 12 heavy (non-hydrogen) atoms. The minimum atomic E-state index is -3.33. The summed E-state index contributed by atoms with van der Waals surface area (Å²) >= 11 is 0. The van der Waals surface area contributed by atoms with Crippen molar-refractivity contribution < 1.29 is 13.2 Å². The van der Waals surface area contributed by atoms with Gasteiger partial charge in [0.25, 0.3) is 0 Å². The Kier molecular flexibility index (Phi) is 4.19. The van der Waals surface area contributed by atoms with Crippen molar-refractivity contribution in [3.8, 4) is 0 Å². The predicted octanol–water partition coefficient (Wildman–Crippen LogP) is -1.51. The first kappa shape index (κ1) is 11.4. The highest BCUT2D eigenvalue weighted by Gasteiger charge is 2.16. The summed E-state index contributed by atoms with van der Waals surface area (Å²) in [4.78, 5) is 10.7. The Bertz CT molecular complexity index is 246. The average molecular weight is 194 g/mol. The fraction of sp³-hybridized carbons (Fsp3) is 0.833. The third-order valence-corrected chi connectivity index (χ3v) is 2.88. The Hall–Kier alpha value is -0.620. The molecule has 0 aliphatic heterocycles. The van der Waals surface area contributed by atoms with Gasteiger partial charge in [0.2, 0.25) is 5.91 Å². The molecule has 1 atom stereocenters. The van der Waals surface area contributed by atoms with Crippen LogP contribution in [0.1, 0.15) is 6.92 Å². The van der Waals surface area contributed by atoms with E-state index >= 15 is 0 Å². The van der Waals surface area contributed by atoms with E-state index in [1.165, 1.54) is 7.05 Å². The van der Waals surface area contributed by atoms with Gasteiger partial charge in [0.15, 0.2) is 9.84 Å². The lowest BCUT2D eigenvalue weighted by Crippen LogP contribution is -2.33. The summed E-state index contributed by atoms with van der Waals surface area (Å²) < 4.78 is 22.1. The molecule has 6 heteroatoms. The summed E-state index contributed by atoms with van der Waals surface area (Å²) in [6.07, 6.45) is 0. The van der Waals surface area contributed by atoms with Crippen molar-refractivity contribution in [3.05, 3.63) is 0 Å². The molecule has 0 aromatic carbocycles. The molecular weight excluding hydrogens is 180 g/mol. The van der Waals surface area contributed by atoms with Crippen LogP contribution in [0.3, 0.4) is 0 Å². The van der Waals surface area contributed by atoms with E-state index in [4.69, 9.17) is 5.73 Å². The molecule has 0 fully saturated rings. The van der Waals surface area contributed by atoms with E-state index in [1.54, 1.807) is 6.92 Å². The van der Waals surface area contributed by atoms with Gasteiger partial charge >= 0.3 is 0 Å². The molecule has 0 aromatic rings. The smallest absolute Gasteiger partial charge is 0.234 e. The number of carbonyl (C=O) groups excluding carboxylic acids is 1. The Morgan fingerprint density at radius 2 is 2.08 bits per heavy atom. The van der Waals surface area contributed by atoms with Gasteiger partial charge in [-0.2, -0.15) is 0 Å². The number of hydrogen-bond acceptors (Lipinski definition) is 4. The lowest BCUT2D eigenvalue weighted by molar-refractivity contribution is -0.118. The van der Waals surface area contributed by atoms with Crippen molar-refractivity contribution in [1.29, 1.82) is 0 Å². The lowest BCUT2D eigenvalue weighted by atomic mass is 10.4. The first-order valence-corrected chi connectivity index (χ1v) is 5.36. The molecule has 1 amide bonds. The highest BCUT2D eigenvalue weighted by molar-refractivity contribution is 7.92. The van der Waals surface area contributed by atoms with E-state index in [0.717, 1.165) is 0 Å². The summed E-state index contributed by atoms with van der Waals surface area (Å²) in [5.74, 6) is -1.14. The molecule has 0 heterocycles. The van der Waals surface area contributed by atoms with E-state index in [9.17, 15) is 13.2 Å². The zero-order valence-corrected chi connectivity index (χ0v) is 8.02. The maximum atomic E-state index is 11.1. The van der Waals surface area contributed by atoms with E-state index in [1.807, 2.05) is 0 Å². The van der Waals surface area contributed by atoms with Crippen molar-refractivity contribution in [3.63, 3.8) is 0 Å². The zero-order chi connectivity index (χ0) is 9.78. The van der Waals surface area contributed by atoms with Crippen LogP contribution in [-0.2, 0) is 14.6 Å². The normalized spacial score (nSPS) is 13.9. The second-order valence-electron chi connectivity index (χ2n) is 2.71. The van der Waals surface area contributed by atoms with Crippen LogP contribution in [-0.4, -0.2) is 38.9 Å². The van der Waals surface area contributed by atoms with Gasteiger partial charge in [0, 0.05) is 13.1 Å². The minimum Gasteiger partial charge on any atom is -0.358 e. The number of hydrogen-bond donors (Lipinski definition) is 2. The van der Waals surface area contributed by atoms with Crippen LogP contribution in [0.25, 0.3) is 0 Å². The first-order valence-electron chi connectivity index (χ1n) is 3.54. The topological polar surface area (TPSA) is 89.3 Å². The molecule has 3 N–H and O–H groups in total. The zero-order valence-electron chi connectivity index (χ0n) is 7.20. The van der Waals surface area contributed by atoms with Gasteiger partial charge in [-0.25, -0.2) is 8.42 Å². The summed E-state index contributed by atoms with van der Waals surface area (Å²) in [5.41, 5.74) is 5.28. The summed E-state index contributed by atoms with van der Waals surface area (Å²) in [7, 11) is -1.94. The molecule has 0 saturated carbocycles. The van der Waals surface area contributed by atoms with E-state index in [-0.39, 0.29) is 5.75 Å². The fourth-order valence-corrected chi connectivity index (χ4v) is 2.19. The van der Waals surface area contributed by atoms with Gasteiger partial charge in [-0.1, -0.05) is 0 Å². The van der Waals surface area contributed by atoms with Crippen molar-refractivity contribution in [1.82, 2.24) is 5.32 Å². The van der Waals surface area contributed by atoms with Crippen LogP contribution in [0, 0.1) is 0 Å². The molecule has 0 aromatic heterocycles. The van der Waals surface area contributed by atoms with E-state index in [2.05, 4.69) is 5.32 Å². The SMILES string of the molecule is CNC(=O)CS(=O)(=O)CC(C)N. The maximum Gasteiger partial charge on any atom is 0.234 e. The first-order chi connectivity index (χ1) is 5.37. The van der Waals surface area contributed by atoms with E-state index in [0.29, 0.717) is 0 Å². The monoisotopic (exact) mass is 194 g/mol. The van der Waals surface area contributed by atoms with Crippen molar-refractivity contribution in [2.24, 2.45) is 5.73 Å². The number of sulfone groups is 1. The highest BCUT2D eigenvalue weighted by atomic mass is 32.2. The molecule has 0 aliphatic carbocycles. The molecule has 0 spiro atoms. The number of amides is 1. The van der Waals surface area contributed by atoms with Gasteiger partial charge in [-0.15, -0.1) is 0 Å². The van der Waals surface area contributed by atoms with Crippen molar-refractivity contribution in [2.75, 3.05) is 18.6 Å². The lowest BCUT2D eigenvalue weighted by Gasteiger charge is -2.05. The number of nitrogens with two attached hydrogens (primary N) is 1. The molecule has 0 aliphatic rings. The molecule has 0 radical (unpaired) electrons. The highest BCUT2D eigenvalue weighted by Crippen LogP contribution is 1.92. The van der Waals surface area contributed by atoms with Crippen LogP contribution in [0.4, 0.5) is 0 Å². The summed E-state index contributed by atoms with van der Waals surface area (Å²) in [5, 5.41) is 2.24. The fourth-order valence-electron chi connectivity index (χ4n) is 0.731. The summed E-state index contributed by atoms with van der Waals surface area (Å²) in [6.45, 7) is 1.58. The van der Waals surface area contributed by atoms with Gasteiger partial charge in [0.1, 0.15) is 5.75 Å². The maximum absolute atomic E-state index is 11.1. The quantitative estimate of drug-likeness (QED) is 0.569. The van der Waals surface area contributed by atoms with E-state index < -0.39 is 27.5 Å². The number of rotatable bonds is 4. The second-order valence-corrected chi connectivity index (χ2v) is 4.81. The Morgan fingerprint density at radius 3 is 2.42 bits per heavy atom. The summed E-state index contributed by atoms with van der Waals surface area (Å²) in [6, 6.07) is -0.431. The predicted molar refractivity (Wildman–Crippen MR) is 46.4 cm³/mol. The molecule has 0 bridgehead atoms. The molecule has 0 saturated heterocycles. The molecule has 5 nitrogen and oxygen atoms in total. The molecule has 0 rings (SSSR count). The minimum absolute atomic E-state index is 0.152. The third kappa shape index (κ3) is 5.09. The Morgan fingerprint density at radius 1 is 1.58 bits per heavy atom. The van der Waals surface area contributed by atoms with Crippen molar-refractivity contribution >= 4 is 15.7 Å². The average Bonchev–Trinajstić information content (AvgIpc) is 1.83. The van der Waals surface area contributed by atoms with Crippen LogP contribution in [0.5, 0.6) is 0 Å². The van der Waals surface area contributed by atoms with Gasteiger partial charge in [-0.05, 0) is 6.92 Å². The van der Waals surface area contributed by atoms with Crippen LogP contribution >= 0.6 is 0 Å². The van der Waals surface area contributed by atoms with Crippen molar-refractivity contribution in [2.45, 2.75) is 13.0 Å². The second kappa shape index (κ2) is 4.42. The number of carbonyl (C=O) groups is 1. The standard InChI is InChI=1S/C6H14N2O3S/c1-5(7)3-12(10,11)4-6(9)8-2/h5H,3-4,7H2,1-2H3,(H,8,9). The third-order valence-electron chi connectivity index (χ3n) is 1.15. The molecular formula is C6H14N2O3S. The molecule has 72 valence electrons. The Balaban J connectivity index is 4.15. The van der Waals surface area contributed by atoms with Gasteiger partial charge in [-0.3, -0.25) is 4.79 Å². The largest absolute Gasteiger partial charge is 0.358 e. The van der Waals surface area contributed by atoms with Crippen LogP contribution in [0.15, 0.2) is 0 Å². The van der Waals surface area contributed by atoms with Crippen LogP contribution < -0.4 is 11.1 Å². The molecule has 1 unspecified atom stereocenters. The van der Waals surface area contributed by atoms with Crippen LogP contribution in [0.2, 0.25) is 0 Å². The van der Waals surface area contributed by atoms with Gasteiger partial charge < -0.3 is 11.1 Å². The number of nitrogens with one attached hydrogen (secondary N) is 1. The van der Waals surface area contributed by atoms with Gasteiger partial charge in [0.05, 0.1) is 5.75 Å².